The first-order valence-electron chi connectivity index (χ1n) is 6.05. The molecule has 0 N–H and O–H groups in total. The minimum atomic E-state index is -4.40. The second-order valence-electron chi connectivity index (χ2n) is 4.44. The quantitative estimate of drug-likeness (QED) is 0.857. The van der Waals surface area contributed by atoms with Crippen LogP contribution in [0.25, 0.3) is 0 Å². The molecule has 104 valence electrons. The van der Waals surface area contributed by atoms with Crippen LogP contribution in [0.2, 0.25) is 0 Å². The summed E-state index contributed by atoms with van der Waals surface area (Å²) in [7, 11) is 0. The first kappa shape index (κ1) is 13.6. The number of halogens is 3. The van der Waals surface area contributed by atoms with E-state index in [0.29, 0.717) is 5.69 Å². The van der Waals surface area contributed by atoms with Gasteiger partial charge < -0.3 is 0 Å². The van der Waals surface area contributed by atoms with Crippen molar-refractivity contribution in [3.63, 3.8) is 0 Å². The minimum absolute atomic E-state index is 0.236. The number of nitrogens with zero attached hydrogens (tertiary/aromatic N) is 4. The topological polar surface area (TPSA) is 35.6 Å². The largest absolute Gasteiger partial charge is 0.435 e. The van der Waals surface area contributed by atoms with E-state index in [1.165, 1.54) is 10.9 Å². The van der Waals surface area contributed by atoms with Gasteiger partial charge in [0, 0.05) is 18.4 Å². The van der Waals surface area contributed by atoms with E-state index < -0.39 is 11.9 Å². The lowest BCUT2D eigenvalue weighted by molar-refractivity contribution is -0.141. The molecule has 2 rings (SSSR count). The Morgan fingerprint density at radius 1 is 1.21 bits per heavy atom. The molecule has 0 saturated heterocycles. The summed E-state index contributed by atoms with van der Waals surface area (Å²) < 4.78 is 40.3. The Balaban J connectivity index is 2.09. The predicted molar refractivity (Wildman–Crippen MR) is 63.6 cm³/mol. The SMILES string of the molecule is CCC(C)n1ccc(Cn2ccc(C(F)(F)F)n2)n1. The van der Waals surface area contributed by atoms with Crippen molar-refractivity contribution in [1.82, 2.24) is 19.6 Å². The minimum Gasteiger partial charge on any atom is -0.270 e. The molecule has 19 heavy (non-hydrogen) atoms. The van der Waals surface area contributed by atoms with Crippen LogP contribution in [0.3, 0.4) is 0 Å². The van der Waals surface area contributed by atoms with E-state index in [-0.39, 0.29) is 12.6 Å². The van der Waals surface area contributed by atoms with Crippen LogP contribution >= 0.6 is 0 Å². The zero-order valence-corrected chi connectivity index (χ0v) is 10.7. The molecule has 0 aliphatic rings. The van der Waals surface area contributed by atoms with Crippen LogP contribution in [0.4, 0.5) is 13.2 Å². The van der Waals surface area contributed by atoms with Crippen molar-refractivity contribution in [3.05, 3.63) is 35.9 Å². The fourth-order valence-corrected chi connectivity index (χ4v) is 1.66. The van der Waals surface area contributed by atoms with Crippen molar-refractivity contribution in [2.45, 2.75) is 39.0 Å². The van der Waals surface area contributed by atoms with E-state index in [1.54, 1.807) is 6.07 Å². The van der Waals surface area contributed by atoms with E-state index in [4.69, 9.17) is 0 Å². The van der Waals surface area contributed by atoms with E-state index in [0.717, 1.165) is 12.5 Å². The van der Waals surface area contributed by atoms with Crippen molar-refractivity contribution < 1.29 is 13.2 Å². The molecule has 0 aliphatic heterocycles. The fourth-order valence-electron chi connectivity index (χ4n) is 1.66. The summed E-state index contributed by atoms with van der Waals surface area (Å²) >= 11 is 0. The van der Waals surface area contributed by atoms with Crippen molar-refractivity contribution in [2.75, 3.05) is 0 Å². The maximum Gasteiger partial charge on any atom is 0.435 e. The highest BCUT2D eigenvalue weighted by atomic mass is 19.4. The van der Waals surface area contributed by atoms with Crippen molar-refractivity contribution >= 4 is 0 Å². The molecule has 0 fully saturated rings. The molecule has 0 aromatic carbocycles. The molecule has 1 unspecified atom stereocenters. The van der Waals surface area contributed by atoms with Gasteiger partial charge in [0.05, 0.1) is 12.2 Å². The first-order valence-corrected chi connectivity index (χ1v) is 6.05. The molecule has 0 aliphatic carbocycles. The van der Waals surface area contributed by atoms with Gasteiger partial charge in [0.1, 0.15) is 0 Å². The van der Waals surface area contributed by atoms with Gasteiger partial charge in [-0.2, -0.15) is 23.4 Å². The average Bonchev–Trinajstić information content (AvgIpc) is 2.97. The van der Waals surface area contributed by atoms with Gasteiger partial charge >= 0.3 is 6.18 Å². The molecule has 0 saturated carbocycles. The van der Waals surface area contributed by atoms with E-state index in [1.807, 2.05) is 17.8 Å². The smallest absolute Gasteiger partial charge is 0.270 e. The molecule has 4 nitrogen and oxygen atoms in total. The summed E-state index contributed by atoms with van der Waals surface area (Å²) in [4.78, 5) is 0. The molecule has 1 atom stereocenters. The summed E-state index contributed by atoms with van der Waals surface area (Å²) in [6, 6.07) is 3.03. The van der Waals surface area contributed by atoms with E-state index in [2.05, 4.69) is 17.1 Å². The highest BCUT2D eigenvalue weighted by molar-refractivity contribution is 5.06. The highest BCUT2D eigenvalue weighted by Gasteiger charge is 2.33. The Bertz CT molecular complexity index is 541. The first-order chi connectivity index (χ1) is 8.90. The number of alkyl halides is 3. The van der Waals surface area contributed by atoms with Gasteiger partial charge in [0.15, 0.2) is 5.69 Å². The van der Waals surface area contributed by atoms with E-state index in [9.17, 15) is 13.2 Å². The maximum absolute atomic E-state index is 12.4. The summed E-state index contributed by atoms with van der Waals surface area (Å²) in [5, 5.41) is 7.82. The van der Waals surface area contributed by atoms with E-state index >= 15 is 0 Å². The standard InChI is InChI=1S/C12H15F3N4/c1-3-9(2)19-7-4-10(16-19)8-18-6-5-11(17-18)12(13,14)15/h4-7,9H,3,8H2,1-2H3. The Hall–Kier alpha value is -1.79. The number of rotatable bonds is 4. The Morgan fingerprint density at radius 2 is 1.95 bits per heavy atom. The molecule has 2 aromatic heterocycles. The predicted octanol–water partition coefficient (Wildman–Crippen LogP) is 3.12. The lowest BCUT2D eigenvalue weighted by Gasteiger charge is -2.08. The zero-order valence-electron chi connectivity index (χ0n) is 10.7. The molecule has 0 radical (unpaired) electrons. The summed E-state index contributed by atoms with van der Waals surface area (Å²) in [6.45, 7) is 4.32. The van der Waals surface area contributed by atoms with Crippen LogP contribution in [0.15, 0.2) is 24.5 Å². The van der Waals surface area contributed by atoms with Gasteiger partial charge in [0.25, 0.3) is 0 Å². The monoisotopic (exact) mass is 272 g/mol. The van der Waals surface area contributed by atoms with Gasteiger partial charge in [-0.25, -0.2) is 0 Å². The number of hydrogen-bond acceptors (Lipinski definition) is 2. The Kier molecular flexibility index (Phi) is 3.64. The van der Waals surface area contributed by atoms with Gasteiger partial charge in [0.2, 0.25) is 0 Å². The average molecular weight is 272 g/mol. The Morgan fingerprint density at radius 3 is 2.53 bits per heavy atom. The molecule has 2 aromatic rings. The maximum atomic E-state index is 12.4. The molecule has 0 spiro atoms. The van der Waals surface area contributed by atoms with Gasteiger partial charge in [-0.1, -0.05) is 6.92 Å². The third kappa shape index (κ3) is 3.15. The molecule has 0 bridgehead atoms. The number of aromatic nitrogens is 4. The third-order valence-corrected chi connectivity index (χ3v) is 2.96. The van der Waals surface area contributed by atoms with Gasteiger partial charge in [-0.15, -0.1) is 0 Å². The summed E-state index contributed by atoms with van der Waals surface area (Å²) in [6.07, 6.45) is -0.314. The van der Waals surface area contributed by atoms with Crippen LogP contribution in [-0.2, 0) is 12.7 Å². The van der Waals surface area contributed by atoms with Crippen molar-refractivity contribution in [1.29, 1.82) is 0 Å². The molecular weight excluding hydrogens is 257 g/mol. The zero-order chi connectivity index (χ0) is 14.0. The van der Waals surface area contributed by atoms with Crippen LogP contribution in [0, 0.1) is 0 Å². The van der Waals surface area contributed by atoms with Gasteiger partial charge in [-0.3, -0.25) is 9.36 Å². The normalized spacial score (nSPS) is 13.7. The molecular formula is C12H15F3N4. The summed E-state index contributed by atoms with van der Waals surface area (Å²) in [5.74, 6) is 0. The van der Waals surface area contributed by atoms with Crippen LogP contribution in [-0.4, -0.2) is 19.6 Å². The molecule has 7 heteroatoms. The van der Waals surface area contributed by atoms with Crippen LogP contribution in [0.1, 0.15) is 37.7 Å². The fraction of sp³-hybridized carbons (Fsp3) is 0.500. The lowest BCUT2D eigenvalue weighted by atomic mass is 10.3. The lowest BCUT2D eigenvalue weighted by Crippen LogP contribution is -2.09. The highest BCUT2D eigenvalue weighted by Crippen LogP contribution is 2.27. The van der Waals surface area contributed by atoms with Gasteiger partial charge in [-0.05, 0) is 25.5 Å². The van der Waals surface area contributed by atoms with Crippen LogP contribution < -0.4 is 0 Å². The second-order valence-corrected chi connectivity index (χ2v) is 4.44. The summed E-state index contributed by atoms with van der Waals surface area (Å²) in [5.41, 5.74) is -0.189. The second kappa shape index (κ2) is 5.07. The molecule has 2 heterocycles. The Labute approximate surface area is 108 Å². The van der Waals surface area contributed by atoms with Crippen molar-refractivity contribution in [2.24, 2.45) is 0 Å². The van der Waals surface area contributed by atoms with Crippen LogP contribution in [0.5, 0.6) is 0 Å². The number of hydrogen-bond donors (Lipinski definition) is 0. The van der Waals surface area contributed by atoms with Crippen molar-refractivity contribution in [3.8, 4) is 0 Å². The molecule has 0 amide bonds. The third-order valence-electron chi connectivity index (χ3n) is 2.96.